The van der Waals surface area contributed by atoms with Crippen LogP contribution in [-0.4, -0.2) is 30.1 Å². The molecule has 0 radical (unpaired) electrons. The van der Waals surface area contributed by atoms with Gasteiger partial charge in [0.1, 0.15) is 5.82 Å². The van der Waals surface area contributed by atoms with Crippen LogP contribution >= 0.6 is 0 Å². The summed E-state index contributed by atoms with van der Waals surface area (Å²) in [7, 11) is 0. The van der Waals surface area contributed by atoms with Crippen molar-refractivity contribution in [3.63, 3.8) is 0 Å². The van der Waals surface area contributed by atoms with Gasteiger partial charge in [-0.2, -0.15) is 0 Å². The average molecular weight is 432 g/mol. The highest BCUT2D eigenvalue weighted by atomic mass is 19.1. The fourth-order valence-corrected chi connectivity index (χ4v) is 3.74. The summed E-state index contributed by atoms with van der Waals surface area (Å²) < 4.78 is 13.6. The van der Waals surface area contributed by atoms with Crippen molar-refractivity contribution in [2.75, 3.05) is 28.6 Å². The van der Waals surface area contributed by atoms with Crippen LogP contribution in [0.3, 0.4) is 0 Å². The van der Waals surface area contributed by atoms with Crippen LogP contribution < -0.4 is 15.5 Å². The first-order chi connectivity index (χ1) is 15.5. The van der Waals surface area contributed by atoms with E-state index < -0.39 is 0 Å². The van der Waals surface area contributed by atoms with Crippen molar-refractivity contribution >= 4 is 29.1 Å². The molecule has 32 heavy (non-hydrogen) atoms. The summed E-state index contributed by atoms with van der Waals surface area (Å²) in [5, 5.41) is 5.66. The third kappa shape index (κ3) is 5.06. The Balaban J connectivity index is 1.48. The number of halogens is 1. The van der Waals surface area contributed by atoms with E-state index in [2.05, 4.69) is 10.6 Å². The van der Waals surface area contributed by atoms with Gasteiger partial charge in [0.2, 0.25) is 0 Å². The van der Waals surface area contributed by atoms with Gasteiger partial charge in [-0.15, -0.1) is 0 Å². The molecular weight excluding hydrogens is 407 g/mol. The van der Waals surface area contributed by atoms with Crippen LogP contribution in [0.4, 0.5) is 31.0 Å². The van der Waals surface area contributed by atoms with Gasteiger partial charge in [-0.1, -0.05) is 42.0 Å². The molecule has 1 saturated heterocycles. The molecule has 0 aromatic heterocycles. The number of aryl methyl sites for hydroxylation is 1. The first-order valence-corrected chi connectivity index (χ1v) is 10.5. The topological polar surface area (TPSA) is 64.7 Å². The van der Waals surface area contributed by atoms with Crippen LogP contribution in [0.2, 0.25) is 0 Å². The maximum atomic E-state index is 13.6. The summed E-state index contributed by atoms with van der Waals surface area (Å²) in [5.74, 6) is -0.321. The fraction of sp³-hybridized carbons (Fsp3) is 0.200. The number of carbonyl (C=O) groups excluding carboxylic acids is 2. The first kappa shape index (κ1) is 21.4. The summed E-state index contributed by atoms with van der Waals surface area (Å²) in [6, 6.07) is 20.4. The van der Waals surface area contributed by atoms with Crippen molar-refractivity contribution in [3.05, 3.63) is 89.7 Å². The van der Waals surface area contributed by atoms with Crippen molar-refractivity contribution < 1.29 is 14.0 Å². The van der Waals surface area contributed by atoms with Crippen LogP contribution in [0.25, 0.3) is 0 Å². The second-order valence-electron chi connectivity index (χ2n) is 7.80. The van der Waals surface area contributed by atoms with Gasteiger partial charge in [-0.3, -0.25) is 4.90 Å². The van der Waals surface area contributed by atoms with E-state index >= 15 is 0 Å². The van der Waals surface area contributed by atoms with E-state index in [1.165, 1.54) is 12.1 Å². The van der Waals surface area contributed by atoms with Gasteiger partial charge in [0.05, 0.1) is 11.4 Å². The van der Waals surface area contributed by atoms with Gasteiger partial charge in [0.25, 0.3) is 0 Å². The van der Waals surface area contributed by atoms with Gasteiger partial charge < -0.3 is 15.5 Å². The SMILES string of the molecule is Cc1ccc(NC(=O)Nc2ccccc2N2CCCN(Cc3cccc(F)c3)C2=O)cc1. The lowest BCUT2D eigenvalue weighted by molar-refractivity contribution is 0.192. The third-order valence-corrected chi connectivity index (χ3v) is 5.33. The van der Waals surface area contributed by atoms with Crippen molar-refractivity contribution in [1.82, 2.24) is 4.90 Å². The molecule has 0 aliphatic carbocycles. The monoisotopic (exact) mass is 432 g/mol. The maximum absolute atomic E-state index is 13.6. The van der Waals surface area contributed by atoms with E-state index in [0.717, 1.165) is 17.5 Å². The van der Waals surface area contributed by atoms with Crippen molar-refractivity contribution in [1.29, 1.82) is 0 Å². The fourth-order valence-electron chi connectivity index (χ4n) is 3.74. The lowest BCUT2D eigenvalue weighted by atomic mass is 10.1. The molecule has 1 aliphatic rings. The molecule has 0 bridgehead atoms. The molecule has 0 unspecified atom stereocenters. The van der Waals surface area contributed by atoms with Gasteiger partial charge in [0, 0.05) is 25.3 Å². The quantitative estimate of drug-likeness (QED) is 0.550. The zero-order chi connectivity index (χ0) is 22.5. The summed E-state index contributed by atoms with van der Waals surface area (Å²) in [4.78, 5) is 29.1. The molecule has 4 rings (SSSR count). The van der Waals surface area contributed by atoms with Gasteiger partial charge in [-0.05, 0) is 55.3 Å². The molecule has 3 aromatic rings. The number of rotatable bonds is 5. The smallest absolute Gasteiger partial charge is 0.320 e. The average Bonchev–Trinajstić information content (AvgIpc) is 2.77. The number of para-hydroxylation sites is 2. The van der Waals surface area contributed by atoms with Crippen LogP contribution in [0.15, 0.2) is 72.8 Å². The summed E-state index contributed by atoms with van der Waals surface area (Å²) in [6.07, 6.45) is 0.769. The lowest BCUT2D eigenvalue weighted by Crippen LogP contribution is -2.49. The highest BCUT2D eigenvalue weighted by Gasteiger charge is 2.28. The van der Waals surface area contributed by atoms with E-state index in [1.807, 2.05) is 49.4 Å². The molecule has 1 heterocycles. The largest absolute Gasteiger partial charge is 0.324 e. The number of amides is 4. The molecule has 164 valence electrons. The number of anilines is 3. The molecule has 0 spiro atoms. The number of hydrogen-bond acceptors (Lipinski definition) is 2. The molecule has 1 aliphatic heterocycles. The Bertz CT molecular complexity index is 1120. The van der Waals surface area contributed by atoms with Gasteiger partial charge in [-0.25, -0.2) is 14.0 Å². The van der Waals surface area contributed by atoms with Gasteiger partial charge in [0.15, 0.2) is 0 Å². The Labute approximate surface area is 186 Å². The number of urea groups is 2. The molecule has 0 atom stereocenters. The van der Waals surface area contributed by atoms with Crippen molar-refractivity contribution in [2.24, 2.45) is 0 Å². The molecule has 7 heteroatoms. The summed E-state index contributed by atoms with van der Waals surface area (Å²) >= 11 is 0. The molecule has 3 aromatic carbocycles. The molecule has 1 fully saturated rings. The Morgan fingerprint density at radius 3 is 2.53 bits per heavy atom. The standard InChI is InChI=1S/C25H25FN4O2/c1-18-10-12-21(13-11-18)27-24(31)28-22-8-2-3-9-23(22)30-15-5-14-29(25(30)32)17-19-6-4-7-20(26)16-19/h2-4,6-13,16H,5,14-15,17H2,1H3,(H2,27,28,31). The Hall–Kier alpha value is -3.87. The van der Waals surface area contributed by atoms with Crippen molar-refractivity contribution in [3.8, 4) is 0 Å². The number of nitrogens with zero attached hydrogens (tertiary/aromatic N) is 2. The Morgan fingerprint density at radius 2 is 1.75 bits per heavy atom. The van der Waals surface area contributed by atoms with E-state index in [-0.39, 0.29) is 17.9 Å². The zero-order valence-corrected chi connectivity index (χ0v) is 17.8. The predicted molar refractivity (Wildman–Crippen MR) is 124 cm³/mol. The summed E-state index contributed by atoms with van der Waals surface area (Å²) in [5.41, 5.74) is 3.69. The van der Waals surface area contributed by atoms with E-state index in [1.54, 1.807) is 28.0 Å². The second-order valence-corrected chi connectivity index (χ2v) is 7.80. The minimum absolute atomic E-state index is 0.172. The predicted octanol–water partition coefficient (Wildman–Crippen LogP) is 5.61. The molecular formula is C25H25FN4O2. The number of nitrogens with one attached hydrogen (secondary N) is 2. The van der Waals surface area contributed by atoms with E-state index in [0.29, 0.717) is 36.7 Å². The van der Waals surface area contributed by atoms with Crippen LogP contribution in [0.5, 0.6) is 0 Å². The van der Waals surface area contributed by atoms with E-state index in [9.17, 15) is 14.0 Å². The third-order valence-electron chi connectivity index (χ3n) is 5.33. The summed E-state index contributed by atoms with van der Waals surface area (Å²) in [6.45, 7) is 3.44. The number of carbonyl (C=O) groups is 2. The normalized spacial score (nSPS) is 13.8. The Kier molecular flexibility index (Phi) is 6.35. The van der Waals surface area contributed by atoms with Crippen LogP contribution in [-0.2, 0) is 6.54 Å². The minimum atomic E-state index is -0.387. The number of benzene rings is 3. The molecule has 2 N–H and O–H groups in total. The van der Waals surface area contributed by atoms with Crippen molar-refractivity contribution in [2.45, 2.75) is 19.9 Å². The lowest BCUT2D eigenvalue weighted by Gasteiger charge is -2.36. The van der Waals surface area contributed by atoms with Crippen LogP contribution in [0.1, 0.15) is 17.5 Å². The zero-order valence-electron chi connectivity index (χ0n) is 17.8. The Morgan fingerprint density at radius 1 is 0.969 bits per heavy atom. The molecule has 0 saturated carbocycles. The van der Waals surface area contributed by atoms with Gasteiger partial charge >= 0.3 is 12.1 Å². The second kappa shape index (κ2) is 9.51. The minimum Gasteiger partial charge on any atom is -0.320 e. The molecule has 6 nitrogen and oxygen atoms in total. The highest BCUT2D eigenvalue weighted by molar-refractivity contribution is 6.04. The maximum Gasteiger partial charge on any atom is 0.324 e. The first-order valence-electron chi connectivity index (χ1n) is 10.5. The van der Waals surface area contributed by atoms with E-state index in [4.69, 9.17) is 0 Å². The number of hydrogen-bond donors (Lipinski definition) is 2. The van der Waals surface area contributed by atoms with Crippen LogP contribution in [0, 0.1) is 12.7 Å². The molecule has 4 amide bonds. The highest BCUT2D eigenvalue weighted by Crippen LogP contribution is 2.29.